The van der Waals surface area contributed by atoms with Crippen LogP contribution in [0.25, 0.3) is 10.4 Å². The summed E-state index contributed by atoms with van der Waals surface area (Å²) in [6.07, 6.45) is 0.757. The van der Waals surface area contributed by atoms with E-state index in [9.17, 15) is 0 Å². The summed E-state index contributed by atoms with van der Waals surface area (Å²) in [5.74, 6) is 1.82. The van der Waals surface area contributed by atoms with Gasteiger partial charge in [-0.1, -0.05) is 5.11 Å². The third-order valence-corrected chi connectivity index (χ3v) is 1.69. The summed E-state index contributed by atoms with van der Waals surface area (Å²) in [6.45, 7) is 4.32. The highest BCUT2D eigenvalue weighted by atomic mass is 16.3. The molecule has 12 heavy (non-hydrogen) atoms. The van der Waals surface area contributed by atoms with Crippen LogP contribution in [-0.2, 0) is 6.42 Å². The molecular formula is C8H11N3O. The first-order valence-corrected chi connectivity index (χ1v) is 3.81. The van der Waals surface area contributed by atoms with Gasteiger partial charge in [0, 0.05) is 11.5 Å². The van der Waals surface area contributed by atoms with Gasteiger partial charge in [0.25, 0.3) is 0 Å². The van der Waals surface area contributed by atoms with Crippen molar-refractivity contribution in [2.45, 2.75) is 20.3 Å². The lowest BCUT2D eigenvalue weighted by Gasteiger charge is -1.91. The summed E-state index contributed by atoms with van der Waals surface area (Å²) < 4.78 is 5.31. The Morgan fingerprint density at radius 1 is 1.58 bits per heavy atom. The van der Waals surface area contributed by atoms with Crippen molar-refractivity contribution in [3.63, 3.8) is 0 Å². The maximum absolute atomic E-state index is 8.05. The standard InChI is InChI=1S/C8H11N3O/c1-6-5-8(7(2)12-6)3-4-10-11-9/h5H,3-4H2,1-2H3. The molecule has 0 saturated heterocycles. The van der Waals surface area contributed by atoms with E-state index in [2.05, 4.69) is 10.0 Å². The van der Waals surface area contributed by atoms with Gasteiger partial charge in [-0.15, -0.1) is 0 Å². The molecule has 0 aromatic carbocycles. The van der Waals surface area contributed by atoms with E-state index in [1.54, 1.807) is 0 Å². The highest BCUT2D eigenvalue weighted by molar-refractivity contribution is 5.20. The van der Waals surface area contributed by atoms with Gasteiger partial charge in [-0.25, -0.2) is 0 Å². The van der Waals surface area contributed by atoms with E-state index in [0.29, 0.717) is 6.54 Å². The molecule has 0 saturated carbocycles. The van der Waals surface area contributed by atoms with Crippen molar-refractivity contribution in [2.75, 3.05) is 6.54 Å². The van der Waals surface area contributed by atoms with Crippen molar-refractivity contribution in [3.8, 4) is 0 Å². The van der Waals surface area contributed by atoms with Gasteiger partial charge in [0.15, 0.2) is 0 Å². The molecule has 1 aromatic rings. The van der Waals surface area contributed by atoms with Crippen LogP contribution in [0, 0.1) is 13.8 Å². The van der Waals surface area contributed by atoms with Crippen LogP contribution in [0.5, 0.6) is 0 Å². The molecule has 4 nitrogen and oxygen atoms in total. The van der Waals surface area contributed by atoms with Gasteiger partial charge in [0.05, 0.1) is 0 Å². The van der Waals surface area contributed by atoms with Crippen molar-refractivity contribution in [1.82, 2.24) is 0 Å². The van der Waals surface area contributed by atoms with Crippen LogP contribution < -0.4 is 0 Å². The number of nitrogens with zero attached hydrogens (tertiary/aromatic N) is 3. The monoisotopic (exact) mass is 165 g/mol. The van der Waals surface area contributed by atoms with E-state index >= 15 is 0 Å². The zero-order valence-electron chi connectivity index (χ0n) is 7.24. The van der Waals surface area contributed by atoms with Crippen LogP contribution in [0.3, 0.4) is 0 Å². The van der Waals surface area contributed by atoms with Crippen LogP contribution in [0.4, 0.5) is 0 Å². The summed E-state index contributed by atoms with van der Waals surface area (Å²) >= 11 is 0. The van der Waals surface area contributed by atoms with E-state index in [0.717, 1.165) is 23.5 Å². The van der Waals surface area contributed by atoms with Gasteiger partial charge < -0.3 is 4.42 Å². The molecule has 0 bridgehead atoms. The minimum Gasteiger partial charge on any atom is -0.466 e. The molecule has 0 aliphatic carbocycles. The fourth-order valence-electron chi connectivity index (χ4n) is 1.15. The summed E-state index contributed by atoms with van der Waals surface area (Å²) in [7, 11) is 0. The van der Waals surface area contributed by atoms with Crippen LogP contribution >= 0.6 is 0 Å². The lowest BCUT2D eigenvalue weighted by atomic mass is 10.2. The summed E-state index contributed by atoms with van der Waals surface area (Å²) in [5, 5.41) is 3.46. The predicted molar refractivity (Wildman–Crippen MR) is 45.9 cm³/mol. The first-order valence-electron chi connectivity index (χ1n) is 3.81. The second-order valence-corrected chi connectivity index (χ2v) is 2.64. The van der Waals surface area contributed by atoms with Crippen molar-refractivity contribution in [3.05, 3.63) is 33.6 Å². The van der Waals surface area contributed by atoms with E-state index in [1.807, 2.05) is 19.9 Å². The molecular weight excluding hydrogens is 154 g/mol. The normalized spacial score (nSPS) is 9.50. The van der Waals surface area contributed by atoms with E-state index < -0.39 is 0 Å². The lowest BCUT2D eigenvalue weighted by molar-refractivity contribution is 0.501. The van der Waals surface area contributed by atoms with Gasteiger partial charge >= 0.3 is 0 Å². The smallest absolute Gasteiger partial charge is 0.104 e. The van der Waals surface area contributed by atoms with Gasteiger partial charge in [-0.3, -0.25) is 0 Å². The number of furan rings is 1. The van der Waals surface area contributed by atoms with Gasteiger partial charge in [0.2, 0.25) is 0 Å². The zero-order chi connectivity index (χ0) is 8.97. The van der Waals surface area contributed by atoms with Crippen LogP contribution in [-0.4, -0.2) is 6.54 Å². The number of hydrogen-bond acceptors (Lipinski definition) is 2. The van der Waals surface area contributed by atoms with Crippen LogP contribution in [0.15, 0.2) is 15.6 Å². The molecule has 1 aromatic heterocycles. The van der Waals surface area contributed by atoms with Crippen LogP contribution in [0.1, 0.15) is 17.1 Å². The highest BCUT2D eigenvalue weighted by Crippen LogP contribution is 2.13. The van der Waals surface area contributed by atoms with Gasteiger partial charge in [-0.2, -0.15) is 0 Å². The lowest BCUT2D eigenvalue weighted by Crippen LogP contribution is -1.87. The maximum atomic E-state index is 8.05. The summed E-state index contributed by atoms with van der Waals surface area (Å²) in [5.41, 5.74) is 9.18. The molecule has 1 rings (SSSR count). The van der Waals surface area contributed by atoms with Crippen molar-refractivity contribution in [2.24, 2.45) is 5.11 Å². The number of aryl methyl sites for hydroxylation is 2. The Bertz CT molecular complexity index is 310. The molecule has 64 valence electrons. The van der Waals surface area contributed by atoms with E-state index in [-0.39, 0.29) is 0 Å². The number of hydrogen-bond donors (Lipinski definition) is 0. The van der Waals surface area contributed by atoms with E-state index in [4.69, 9.17) is 9.95 Å². The molecule has 0 spiro atoms. The van der Waals surface area contributed by atoms with Crippen molar-refractivity contribution in [1.29, 1.82) is 0 Å². The van der Waals surface area contributed by atoms with Crippen molar-refractivity contribution >= 4 is 0 Å². The average Bonchev–Trinajstić information content (AvgIpc) is 2.31. The Labute approximate surface area is 70.8 Å². The molecule has 0 fully saturated rings. The summed E-state index contributed by atoms with van der Waals surface area (Å²) in [4.78, 5) is 2.68. The number of rotatable bonds is 3. The maximum Gasteiger partial charge on any atom is 0.104 e. The second kappa shape index (κ2) is 3.83. The minimum absolute atomic E-state index is 0.496. The van der Waals surface area contributed by atoms with Crippen molar-refractivity contribution < 1.29 is 4.42 Å². The third kappa shape index (κ3) is 2.04. The SMILES string of the molecule is Cc1cc(CCN=[N+]=[N-])c(C)o1. The Kier molecular flexibility index (Phi) is 2.77. The van der Waals surface area contributed by atoms with Crippen LogP contribution in [0.2, 0.25) is 0 Å². The Morgan fingerprint density at radius 2 is 2.33 bits per heavy atom. The fraction of sp³-hybridized carbons (Fsp3) is 0.500. The second-order valence-electron chi connectivity index (χ2n) is 2.64. The Morgan fingerprint density at radius 3 is 2.83 bits per heavy atom. The molecule has 4 heteroatoms. The largest absolute Gasteiger partial charge is 0.466 e. The third-order valence-electron chi connectivity index (χ3n) is 1.69. The topological polar surface area (TPSA) is 61.9 Å². The molecule has 0 atom stereocenters. The quantitative estimate of drug-likeness (QED) is 0.386. The first-order chi connectivity index (χ1) is 5.74. The highest BCUT2D eigenvalue weighted by Gasteiger charge is 2.02. The molecule has 0 amide bonds. The minimum atomic E-state index is 0.496. The summed E-state index contributed by atoms with van der Waals surface area (Å²) in [6, 6.07) is 1.97. The molecule has 0 N–H and O–H groups in total. The Hall–Kier alpha value is -1.41. The molecule has 0 aliphatic rings. The Balaban J connectivity index is 2.62. The average molecular weight is 165 g/mol. The number of azide groups is 1. The van der Waals surface area contributed by atoms with Gasteiger partial charge in [0.1, 0.15) is 11.5 Å². The fourth-order valence-corrected chi connectivity index (χ4v) is 1.15. The zero-order valence-corrected chi connectivity index (χ0v) is 7.24. The van der Waals surface area contributed by atoms with E-state index in [1.165, 1.54) is 0 Å². The molecule has 1 heterocycles. The first kappa shape index (κ1) is 8.68. The predicted octanol–water partition coefficient (Wildman–Crippen LogP) is 2.75. The molecule has 0 aliphatic heterocycles. The van der Waals surface area contributed by atoms with Gasteiger partial charge in [-0.05, 0) is 37.4 Å². The molecule has 0 radical (unpaired) electrons. The molecule has 0 unspecified atom stereocenters.